The number of aryl methyl sites for hydroxylation is 1. The second kappa shape index (κ2) is 6.78. The van der Waals surface area contributed by atoms with Gasteiger partial charge in [0.25, 0.3) is 0 Å². The van der Waals surface area contributed by atoms with Crippen LogP contribution < -0.4 is 14.4 Å². The van der Waals surface area contributed by atoms with Crippen molar-refractivity contribution in [2.24, 2.45) is 0 Å². The van der Waals surface area contributed by atoms with Crippen molar-refractivity contribution in [1.82, 2.24) is 9.97 Å². The normalized spacial score (nSPS) is 18.0. The van der Waals surface area contributed by atoms with Gasteiger partial charge in [0.15, 0.2) is 17.3 Å². The van der Waals surface area contributed by atoms with Crippen LogP contribution in [0.15, 0.2) is 30.1 Å². The summed E-state index contributed by atoms with van der Waals surface area (Å²) in [5.41, 5.74) is 2.87. The molecule has 0 saturated carbocycles. The highest BCUT2D eigenvalue weighted by Gasteiger charge is 2.27. The molecule has 0 amide bonds. The number of benzene rings is 1. The Morgan fingerprint density at radius 2 is 1.92 bits per heavy atom. The van der Waals surface area contributed by atoms with E-state index >= 15 is 0 Å². The predicted molar refractivity (Wildman–Crippen MR) is 99.0 cm³/mol. The van der Waals surface area contributed by atoms with Gasteiger partial charge in [-0.05, 0) is 43.5 Å². The third kappa shape index (κ3) is 3.03. The third-order valence-corrected chi connectivity index (χ3v) is 4.72. The molecule has 2 aromatic rings. The standard InChI is InChI=1S/C20H21N3O3/c1-13-7-16-18(24)15(12-26-19(16)17(8-13)25-2)9-14-10-21-20(22-11-14)23-5-3-4-6-23/h7-11H,3-6,12H2,1-2H3. The number of Topliss-reactive ketones (excluding diaryl/α,β-unsaturated/α-hetero) is 1. The molecule has 0 atom stereocenters. The van der Waals surface area contributed by atoms with Gasteiger partial charge < -0.3 is 14.4 Å². The first-order valence-electron chi connectivity index (χ1n) is 8.79. The lowest BCUT2D eigenvalue weighted by atomic mass is 9.97. The summed E-state index contributed by atoms with van der Waals surface area (Å²) in [5.74, 6) is 1.81. The van der Waals surface area contributed by atoms with E-state index in [0.29, 0.717) is 22.6 Å². The molecule has 6 nitrogen and oxygen atoms in total. The lowest BCUT2D eigenvalue weighted by molar-refractivity contribution is 0.0998. The van der Waals surface area contributed by atoms with E-state index in [0.717, 1.165) is 30.2 Å². The molecule has 0 spiro atoms. The number of hydrogen-bond acceptors (Lipinski definition) is 6. The Hall–Kier alpha value is -2.89. The Kier molecular flexibility index (Phi) is 4.32. The van der Waals surface area contributed by atoms with Crippen molar-refractivity contribution < 1.29 is 14.3 Å². The zero-order chi connectivity index (χ0) is 18.1. The number of ketones is 1. The Morgan fingerprint density at radius 1 is 1.19 bits per heavy atom. The van der Waals surface area contributed by atoms with Crippen LogP contribution in [-0.2, 0) is 0 Å². The average molecular weight is 351 g/mol. The number of nitrogens with zero attached hydrogens (tertiary/aromatic N) is 3. The molecule has 0 radical (unpaired) electrons. The first kappa shape index (κ1) is 16.6. The van der Waals surface area contributed by atoms with Crippen molar-refractivity contribution in [3.05, 3.63) is 46.8 Å². The molecule has 6 heteroatoms. The number of rotatable bonds is 3. The molecule has 1 saturated heterocycles. The molecule has 0 bridgehead atoms. The Morgan fingerprint density at radius 3 is 2.62 bits per heavy atom. The summed E-state index contributed by atoms with van der Waals surface area (Å²) in [6.07, 6.45) is 7.68. The average Bonchev–Trinajstić information content (AvgIpc) is 3.19. The van der Waals surface area contributed by atoms with E-state index in [1.54, 1.807) is 25.6 Å². The fraction of sp³-hybridized carbons (Fsp3) is 0.350. The van der Waals surface area contributed by atoms with Gasteiger partial charge in [-0.3, -0.25) is 4.79 Å². The van der Waals surface area contributed by atoms with E-state index in [4.69, 9.17) is 9.47 Å². The second-order valence-electron chi connectivity index (χ2n) is 6.64. The lowest BCUT2D eigenvalue weighted by Crippen LogP contribution is -2.20. The molecular weight excluding hydrogens is 330 g/mol. The maximum Gasteiger partial charge on any atom is 0.225 e. The molecule has 2 aliphatic heterocycles. The monoisotopic (exact) mass is 351 g/mol. The minimum absolute atomic E-state index is 0.0446. The lowest BCUT2D eigenvalue weighted by Gasteiger charge is -2.21. The maximum atomic E-state index is 12.9. The van der Waals surface area contributed by atoms with Gasteiger partial charge in [-0.2, -0.15) is 0 Å². The summed E-state index contributed by atoms with van der Waals surface area (Å²) in [6, 6.07) is 3.70. The highest BCUT2D eigenvalue weighted by atomic mass is 16.5. The molecule has 2 aliphatic rings. The zero-order valence-electron chi connectivity index (χ0n) is 15.0. The van der Waals surface area contributed by atoms with Crippen LogP contribution in [-0.4, -0.2) is 42.6 Å². The van der Waals surface area contributed by atoms with Crippen molar-refractivity contribution >= 4 is 17.8 Å². The molecule has 3 heterocycles. The van der Waals surface area contributed by atoms with Crippen LogP contribution >= 0.6 is 0 Å². The Bertz CT molecular complexity index is 869. The summed E-state index contributed by atoms with van der Waals surface area (Å²) in [7, 11) is 1.58. The molecule has 134 valence electrons. The number of carbonyl (C=O) groups is 1. The van der Waals surface area contributed by atoms with Gasteiger partial charge >= 0.3 is 0 Å². The summed E-state index contributed by atoms with van der Waals surface area (Å²) >= 11 is 0. The highest BCUT2D eigenvalue weighted by Crippen LogP contribution is 2.37. The van der Waals surface area contributed by atoms with E-state index in [1.807, 2.05) is 19.1 Å². The SMILES string of the molecule is COc1cc(C)cc2c1OCC(=Cc1cnc(N3CCCC3)nc1)C2=O. The van der Waals surface area contributed by atoms with Gasteiger partial charge in [0.2, 0.25) is 5.95 Å². The first-order valence-corrected chi connectivity index (χ1v) is 8.79. The molecule has 0 N–H and O–H groups in total. The highest BCUT2D eigenvalue weighted by molar-refractivity contribution is 6.14. The number of ether oxygens (including phenoxy) is 2. The van der Waals surface area contributed by atoms with Crippen molar-refractivity contribution in [3.8, 4) is 11.5 Å². The van der Waals surface area contributed by atoms with Crippen molar-refractivity contribution in [2.45, 2.75) is 19.8 Å². The minimum atomic E-state index is -0.0446. The largest absolute Gasteiger partial charge is 0.493 e. The predicted octanol–water partition coefficient (Wildman–Crippen LogP) is 3.05. The van der Waals surface area contributed by atoms with Crippen LogP contribution in [0.2, 0.25) is 0 Å². The van der Waals surface area contributed by atoms with Gasteiger partial charge in [-0.15, -0.1) is 0 Å². The molecule has 1 aromatic heterocycles. The molecule has 26 heavy (non-hydrogen) atoms. The van der Waals surface area contributed by atoms with Gasteiger partial charge in [0, 0.05) is 36.6 Å². The number of aromatic nitrogens is 2. The van der Waals surface area contributed by atoms with Crippen LogP contribution in [0.3, 0.4) is 0 Å². The number of fused-ring (bicyclic) bond motifs is 1. The van der Waals surface area contributed by atoms with Crippen LogP contribution in [0.25, 0.3) is 6.08 Å². The van der Waals surface area contributed by atoms with Crippen LogP contribution in [0.5, 0.6) is 11.5 Å². The Balaban J connectivity index is 1.60. The molecule has 1 fully saturated rings. The fourth-order valence-electron chi connectivity index (χ4n) is 3.39. The molecule has 1 aromatic carbocycles. The van der Waals surface area contributed by atoms with Gasteiger partial charge in [-0.25, -0.2) is 9.97 Å². The number of carbonyl (C=O) groups excluding carboxylic acids is 1. The summed E-state index contributed by atoms with van der Waals surface area (Å²) in [6.45, 7) is 4.15. The van der Waals surface area contributed by atoms with Crippen LogP contribution in [0.4, 0.5) is 5.95 Å². The van der Waals surface area contributed by atoms with Gasteiger partial charge in [0.1, 0.15) is 6.61 Å². The van der Waals surface area contributed by atoms with Gasteiger partial charge in [-0.1, -0.05) is 0 Å². The van der Waals surface area contributed by atoms with Crippen molar-refractivity contribution in [1.29, 1.82) is 0 Å². The maximum absolute atomic E-state index is 12.9. The van der Waals surface area contributed by atoms with E-state index in [1.165, 1.54) is 12.8 Å². The van der Waals surface area contributed by atoms with Crippen LogP contribution in [0, 0.1) is 6.92 Å². The second-order valence-corrected chi connectivity index (χ2v) is 6.64. The molecular formula is C20H21N3O3. The van der Waals surface area contributed by atoms with Crippen molar-refractivity contribution in [3.63, 3.8) is 0 Å². The van der Waals surface area contributed by atoms with Gasteiger partial charge in [0.05, 0.1) is 12.7 Å². The number of methoxy groups -OCH3 is 1. The van der Waals surface area contributed by atoms with E-state index in [2.05, 4.69) is 14.9 Å². The first-order chi connectivity index (χ1) is 12.7. The number of anilines is 1. The smallest absolute Gasteiger partial charge is 0.225 e. The van der Waals surface area contributed by atoms with E-state index < -0.39 is 0 Å². The zero-order valence-corrected chi connectivity index (χ0v) is 15.0. The Labute approximate surface area is 152 Å². The third-order valence-electron chi connectivity index (χ3n) is 4.72. The number of hydrogen-bond donors (Lipinski definition) is 0. The molecule has 4 rings (SSSR count). The summed E-state index contributed by atoms with van der Waals surface area (Å²) in [4.78, 5) is 23.9. The van der Waals surface area contributed by atoms with E-state index in [-0.39, 0.29) is 12.4 Å². The fourth-order valence-corrected chi connectivity index (χ4v) is 3.39. The van der Waals surface area contributed by atoms with Crippen LogP contribution in [0.1, 0.15) is 34.3 Å². The molecule has 0 aliphatic carbocycles. The topological polar surface area (TPSA) is 64.6 Å². The summed E-state index contributed by atoms with van der Waals surface area (Å²) in [5, 5.41) is 0. The van der Waals surface area contributed by atoms with E-state index in [9.17, 15) is 4.79 Å². The minimum Gasteiger partial charge on any atom is -0.493 e. The van der Waals surface area contributed by atoms with Crippen molar-refractivity contribution in [2.75, 3.05) is 31.7 Å². The molecule has 0 unspecified atom stereocenters. The quantitative estimate of drug-likeness (QED) is 0.792. The summed E-state index contributed by atoms with van der Waals surface area (Å²) < 4.78 is 11.1.